The molecule has 0 aliphatic carbocycles. The number of benzene rings is 2. The average Bonchev–Trinajstić information content (AvgIpc) is 3.54. The largest absolute Gasteiger partial charge is 0.456 e. The molecule has 10 nitrogen and oxygen atoms in total. The van der Waals surface area contributed by atoms with Crippen molar-refractivity contribution in [1.82, 2.24) is 0 Å². The highest BCUT2D eigenvalue weighted by atomic mass is 31.2. The first kappa shape index (κ1) is 28.4. The van der Waals surface area contributed by atoms with Gasteiger partial charge in [-0.15, -0.1) is 0 Å². The van der Waals surface area contributed by atoms with Crippen molar-refractivity contribution >= 4 is 24.5 Å². The van der Waals surface area contributed by atoms with Gasteiger partial charge in [0, 0.05) is 17.7 Å². The summed E-state index contributed by atoms with van der Waals surface area (Å²) >= 11 is 0. The van der Waals surface area contributed by atoms with E-state index in [-0.39, 0.29) is 6.61 Å². The van der Waals surface area contributed by atoms with E-state index in [1.807, 2.05) is 32.9 Å². The van der Waals surface area contributed by atoms with Gasteiger partial charge >= 0.3 is 0 Å². The maximum Gasteiger partial charge on any atom is 0.293 e. The quantitative estimate of drug-likeness (QED) is 0.300. The summed E-state index contributed by atoms with van der Waals surface area (Å²) in [5.74, 6) is -0.774. The first-order valence-corrected chi connectivity index (χ1v) is 14.7. The van der Waals surface area contributed by atoms with E-state index in [9.17, 15) is 9.36 Å². The Hall–Kier alpha value is -2.14. The first-order valence-electron chi connectivity index (χ1n) is 13.1. The van der Waals surface area contributed by atoms with Crippen molar-refractivity contribution in [3.05, 3.63) is 60.7 Å². The maximum absolute atomic E-state index is 14.5. The molecule has 3 aliphatic rings. The number of fused-ring (bicyclic) bond motifs is 1. The van der Waals surface area contributed by atoms with Crippen molar-refractivity contribution in [3.8, 4) is 0 Å². The molecule has 3 fully saturated rings. The minimum Gasteiger partial charge on any atom is -0.456 e. The number of methoxy groups -OCH3 is 1. The van der Waals surface area contributed by atoms with Crippen molar-refractivity contribution < 1.29 is 47.0 Å². The molecule has 0 N–H and O–H groups in total. The number of carbonyl (C=O) groups excluding carboxylic acids is 1. The predicted octanol–water partition coefficient (Wildman–Crippen LogP) is 2.89. The summed E-state index contributed by atoms with van der Waals surface area (Å²) in [7, 11) is -2.05. The van der Waals surface area contributed by atoms with Gasteiger partial charge in [0.1, 0.15) is 24.4 Å². The van der Waals surface area contributed by atoms with Crippen LogP contribution in [0.15, 0.2) is 60.7 Å². The van der Waals surface area contributed by atoms with E-state index < -0.39 is 62.4 Å². The summed E-state index contributed by atoms with van der Waals surface area (Å²) in [6.07, 6.45) is -4.66. The van der Waals surface area contributed by atoms with Crippen molar-refractivity contribution in [2.75, 3.05) is 13.7 Å². The Balaban J connectivity index is 1.35. The fourth-order valence-corrected chi connectivity index (χ4v) is 7.49. The van der Waals surface area contributed by atoms with Crippen molar-refractivity contribution in [2.45, 2.75) is 82.2 Å². The van der Waals surface area contributed by atoms with Crippen molar-refractivity contribution in [2.24, 2.45) is 0 Å². The Morgan fingerprint density at radius 1 is 0.897 bits per heavy atom. The standard InChI is InChI=1S/C28H35O10P/c1-5-20-23(32-16-21-22(31-4)25-26(35-21)37-28(2,3)36-25)24(33-17-29)27(34-20)38-39(30,18-12-8-6-9-13-18)19-14-10-7-11-15-19/h6-15,17,20-27H,5,16H2,1-4H3/t20-,21-,22+,23+,24-,25-,26-,27?/m1/s1. The van der Waals surface area contributed by atoms with Crippen LogP contribution < -0.4 is 10.6 Å². The Bertz CT molecular complexity index is 1100. The molecule has 212 valence electrons. The Morgan fingerprint density at radius 2 is 1.54 bits per heavy atom. The summed E-state index contributed by atoms with van der Waals surface area (Å²) in [4.78, 5) is 11.6. The van der Waals surface area contributed by atoms with Crippen LogP contribution in [0.4, 0.5) is 0 Å². The number of ether oxygens (including phenoxy) is 7. The third kappa shape index (κ3) is 5.71. The summed E-state index contributed by atoms with van der Waals surface area (Å²) in [5, 5.41) is 0.998. The Kier molecular flexibility index (Phi) is 8.56. The van der Waals surface area contributed by atoms with Crippen LogP contribution in [0, 0.1) is 0 Å². The van der Waals surface area contributed by atoms with Gasteiger partial charge in [0.05, 0.1) is 12.7 Å². The first-order chi connectivity index (χ1) is 18.8. The van der Waals surface area contributed by atoms with Crippen LogP contribution in [0.3, 0.4) is 0 Å². The molecule has 5 rings (SSSR count). The number of rotatable bonds is 11. The van der Waals surface area contributed by atoms with Crippen LogP contribution in [0.2, 0.25) is 0 Å². The molecule has 3 saturated heterocycles. The fraction of sp³-hybridized carbons (Fsp3) is 0.536. The van der Waals surface area contributed by atoms with E-state index in [2.05, 4.69) is 0 Å². The molecule has 0 saturated carbocycles. The average molecular weight is 563 g/mol. The molecule has 3 aliphatic heterocycles. The SMILES string of the molecule is CC[C@H]1OC(OP(=O)(c2ccccc2)c2ccccc2)[C@H](OC=O)[C@H]1OC[C@H]1O[C@@H]2OC(C)(C)O[C@@H]2[C@H]1OC. The van der Waals surface area contributed by atoms with E-state index in [4.69, 9.17) is 37.7 Å². The van der Waals surface area contributed by atoms with Gasteiger partial charge in [0.15, 0.2) is 18.2 Å². The summed E-state index contributed by atoms with van der Waals surface area (Å²) < 4.78 is 62.2. The van der Waals surface area contributed by atoms with Crippen LogP contribution in [-0.4, -0.2) is 75.2 Å². The highest BCUT2D eigenvalue weighted by Crippen LogP contribution is 2.49. The van der Waals surface area contributed by atoms with Gasteiger partial charge in [-0.2, -0.15) is 0 Å². The van der Waals surface area contributed by atoms with Gasteiger partial charge in [-0.3, -0.25) is 13.9 Å². The van der Waals surface area contributed by atoms with E-state index >= 15 is 0 Å². The van der Waals surface area contributed by atoms with Crippen molar-refractivity contribution in [3.63, 3.8) is 0 Å². The summed E-state index contributed by atoms with van der Waals surface area (Å²) in [5.41, 5.74) is 0. The van der Waals surface area contributed by atoms with Crippen LogP contribution in [0.5, 0.6) is 0 Å². The van der Waals surface area contributed by atoms with Crippen LogP contribution >= 0.6 is 7.37 Å². The smallest absolute Gasteiger partial charge is 0.293 e. The summed E-state index contributed by atoms with van der Waals surface area (Å²) in [6, 6.07) is 17.8. The molecule has 8 atom stereocenters. The topological polar surface area (TPSA) is 108 Å². The lowest BCUT2D eigenvalue weighted by Crippen LogP contribution is -2.43. The zero-order chi connectivity index (χ0) is 27.6. The van der Waals surface area contributed by atoms with E-state index in [0.717, 1.165) is 0 Å². The lowest BCUT2D eigenvalue weighted by Gasteiger charge is -2.28. The van der Waals surface area contributed by atoms with Crippen LogP contribution in [-0.2, 0) is 47.0 Å². The minimum atomic E-state index is -3.63. The van der Waals surface area contributed by atoms with Gasteiger partial charge in [0.25, 0.3) is 13.8 Å². The zero-order valence-electron chi connectivity index (χ0n) is 22.4. The molecular formula is C28H35O10P. The molecule has 0 radical (unpaired) electrons. The second-order valence-electron chi connectivity index (χ2n) is 10.1. The highest BCUT2D eigenvalue weighted by Gasteiger charge is 2.56. The molecule has 0 bridgehead atoms. The predicted molar refractivity (Wildman–Crippen MR) is 140 cm³/mol. The number of hydrogen-bond acceptors (Lipinski definition) is 10. The van der Waals surface area contributed by atoms with Gasteiger partial charge < -0.3 is 33.2 Å². The lowest BCUT2D eigenvalue weighted by molar-refractivity contribution is -0.225. The zero-order valence-corrected chi connectivity index (χ0v) is 23.3. The number of carbonyl (C=O) groups is 1. The van der Waals surface area contributed by atoms with Crippen LogP contribution in [0.25, 0.3) is 0 Å². The number of hydrogen-bond donors (Lipinski definition) is 0. The Morgan fingerprint density at radius 3 is 2.10 bits per heavy atom. The molecule has 39 heavy (non-hydrogen) atoms. The second kappa shape index (κ2) is 11.8. The van der Waals surface area contributed by atoms with Gasteiger partial charge in [-0.05, 0) is 44.5 Å². The molecule has 0 amide bonds. The van der Waals surface area contributed by atoms with E-state index in [0.29, 0.717) is 23.5 Å². The third-order valence-corrected chi connectivity index (χ3v) is 9.60. The second-order valence-corrected chi connectivity index (χ2v) is 12.5. The van der Waals surface area contributed by atoms with Gasteiger partial charge in [-0.25, -0.2) is 0 Å². The molecule has 2 aromatic rings. The molecule has 11 heteroatoms. The minimum absolute atomic E-state index is 0.101. The van der Waals surface area contributed by atoms with Gasteiger partial charge in [-0.1, -0.05) is 43.3 Å². The van der Waals surface area contributed by atoms with E-state index in [1.54, 1.807) is 55.6 Å². The fourth-order valence-electron chi connectivity index (χ4n) is 5.35. The normalized spacial score (nSPS) is 33.6. The molecule has 0 spiro atoms. The van der Waals surface area contributed by atoms with Gasteiger partial charge in [0.2, 0.25) is 6.29 Å². The lowest BCUT2D eigenvalue weighted by atomic mass is 10.1. The van der Waals surface area contributed by atoms with Crippen LogP contribution in [0.1, 0.15) is 27.2 Å². The maximum atomic E-state index is 14.5. The molecule has 2 aromatic carbocycles. The van der Waals surface area contributed by atoms with E-state index in [1.165, 1.54) is 0 Å². The summed E-state index contributed by atoms with van der Waals surface area (Å²) in [6.45, 7) is 5.99. The molecule has 3 heterocycles. The Labute approximate surface area is 228 Å². The highest BCUT2D eigenvalue weighted by molar-refractivity contribution is 7.74. The third-order valence-electron chi connectivity index (χ3n) is 7.14. The molecular weight excluding hydrogens is 527 g/mol. The van der Waals surface area contributed by atoms with Crippen molar-refractivity contribution in [1.29, 1.82) is 0 Å². The molecule has 0 aromatic heterocycles. The monoisotopic (exact) mass is 562 g/mol. The molecule has 1 unspecified atom stereocenters.